The third-order valence-corrected chi connectivity index (χ3v) is 2.36. The number of ether oxygens (including phenoxy) is 1. The molecule has 96 valence electrons. The molecule has 0 aromatic carbocycles. The topological polar surface area (TPSA) is 69.7 Å². The number of carbonyl (C=O) groups excluding carboxylic acids is 1. The second kappa shape index (κ2) is 5.48. The summed E-state index contributed by atoms with van der Waals surface area (Å²) in [6, 6.07) is 0. The van der Waals surface area contributed by atoms with Crippen LogP contribution >= 0.6 is 0 Å². The van der Waals surface area contributed by atoms with Crippen molar-refractivity contribution in [3.63, 3.8) is 0 Å². The first kappa shape index (κ1) is 15.2. The molecule has 5 nitrogen and oxygen atoms in total. The van der Waals surface area contributed by atoms with Gasteiger partial charge in [0.25, 0.3) is 0 Å². The maximum absolute atomic E-state index is 11.7. The third-order valence-electron chi connectivity index (χ3n) is 1.32. The fraction of sp³-hybridized carbons (Fsp3) is 0.857. The minimum atomic E-state index is -5.61. The van der Waals surface area contributed by atoms with Gasteiger partial charge in [0, 0.05) is 0 Å². The average Bonchev–Trinajstić information content (AvgIpc) is 2.09. The Morgan fingerprint density at radius 2 is 1.75 bits per heavy atom. The molecule has 0 heterocycles. The first-order chi connectivity index (χ1) is 7.08. The maximum Gasteiger partial charge on any atom is 0.523 e. The van der Waals surface area contributed by atoms with Gasteiger partial charge < -0.3 is 4.74 Å². The molecule has 0 fully saturated rings. The molecular weight excluding hydrogens is 253 g/mol. The summed E-state index contributed by atoms with van der Waals surface area (Å²) in [6.07, 6.45) is 0. The molecular formula is C7H11F3O5S. The van der Waals surface area contributed by atoms with Crippen molar-refractivity contribution in [1.82, 2.24) is 0 Å². The first-order valence-electron chi connectivity index (χ1n) is 4.20. The van der Waals surface area contributed by atoms with Crippen molar-refractivity contribution in [2.24, 2.45) is 5.92 Å². The summed E-state index contributed by atoms with van der Waals surface area (Å²) < 4.78 is 63.9. The van der Waals surface area contributed by atoms with E-state index < -0.39 is 40.7 Å². The van der Waals surface area contributed by atoms with E-state index in [0.29, 0.717) is 0 Å². The molecule has 0 saturated carbocycles. The van der Waals surface area contributed by atoms with E-state index in [4.69, 9.17) is 0 Å². The largest absolute Gasteiger partial charge is 0.523 e. The standard InChI is InChI=1S/C7H11F3O5S/c1-5(2)6(11)14-3-4-15-16(12,13)7(8,9)10/h5H,3-4H2,1-2H3. The van der Waals surface area contributed by atoms with Crippen molar-refractivity contribution in [2.45, 2.75) is 19.4 Å². The number of halogens is 3. The van der Waals surface area contributed by atoms with Gasteiger partial charge in [0.15, 0.2) is 0 Å². The van der Waals surface area contributed by atoms with E-state index >= 15 is 0 Å². The molecule has 0 saturated heterocycles. The molecule has 0 bridgehead atoms. The quantitative estimate of drug-likeness (QED) is 0.321. The lowest BCUT2D eigenvalue weighted by Gasteiger charge is -2.09. The number of esters is 1. The van der Waals surface area contributed by atoms with Gasteiger partial charge in [0.1, 0.15) is 13.2 Å². The Morgan fingerprint density at radius 3 is 2.12 bits per heavy atom. The third kappa shape index (κ3) is 4.79. The summed E-state index contributed by atoms with van der Waals surface area (Å²) in [5, 5.41) is 0. The van der Waals surface area contributed by atoms with Crippen LogP contribution in [0.25, 0.3) is 0 Å². The van der Waals surface area contributed by atoms with Crippen molar-refractivity contribution < 1.29 is 35.3 Å². The summed E-state index contributed by atoms with van der Waals surface area (Å²) in [5.74, 6) is -1.09. The lowest BCUT2D eigenvalue weighted by molar-refractivity contribution is -0.148. The highest BCUT2D eigenvalue weighted by atomic mass is 32.2. The van der Waals surface area contributed by atoms with Crippen molar-refractivity contribution in [1.29, 1.82) is 0 Å². The van der Waals surface area contributed by atoms with E-state index in [2.05, 4.69) is 8.92 Å². The van der Waals surface area contributed by atoms with E-state index in [0.717, 1.165) is 0 Å². The fourth-order valence-electron chi connectivity index (χ4n) is 0.519. The van der Waals surface area contributed by atoms with Crippen LogP contribution < -0.4 is 0 Å². The minimum Gasteiger partial charge on any atom is -0.463 e. The second-order valence-corrected chi connectivity index (χ2v) is 4.65. The van der Waals surface area contributed by atoms with E-state index in [1.807, 2.05) is 0 Å². The van der Waals surface area contributed by atoms with Crippen LogP contribution in [0.5, 0.6) is 0 Å². The van der Waals surface area contributed by atoms with Crippen LogP contribution in [0.15, 0.2) is 0 Å². The molecule has 16 heavy (non-hydrogen) atoms. The Balaban J connectivity index is 3.98. The fourth-order valence-corrected chi connectivity index (χ4v) is 0.941. The Bertz CT molecular complexity index is 332. The highest BCUT2D eigenvalue weighted by molar-refractivity contribution is 7.87. The van der Waals surface area contributed by atoms with Gasteiger partial charge in [-0.15, -0.1) is 0 Å². The van der Waals surface area contributed by atoms with Crippen LogP contribution in [-0.4, -0.2) is 33.1 Å². The molecule has 0 aromatic rings. The predicted octanol–water partition coefficient (Wildman–Crippen LogP) is 1.05. The summed E-state index contributed by atoms with van der Waals surface area (Å²) in [7, 11) is -5.61. The molecule has 0 N–H and O–H groups in total. The van der Waals surface area contributed by atoms with Gasteiger partial charge in [-0.05, 0) is 0 Å². The summed E-state index contributed by atoms with van der Waals surface area (Å²) in [4.78, 5) is 10.8. The van der Waals surface area contributed by atoms with Gasteiger partial charge in [0.05, 0.1) is 5.92 Å². The molecule has 9 heteroatoms. The van der Waals surface area contributed by atoms with Gasteiger partial charge in [-0.25, -0.2) is 0 Å². The SMILES string of the molecule is CC(C)C(=O)OCCOS(=O)(=O)C(F)(F)F. The van der Waals surface area contributed by atoms with Crippen LogP contribution in [0.3, 0.4) is 0 Å². The normalized spacial score (nSPS) is 12.9. The molecule has 0 aliphatic carbocycles. The summed E-state index contributed by atoms with van der Waals surface area (Å²) in [6.45, 7) is 1.64. The van der Waals surface area contributed by atoms with Gasteiger partial charge >= 0.3 is 21.6 Å². The first-order valence-corrected chi connectivity index (χ1v) is 5.61. The van der Waals surface area contributed by atoms with Crippen LogP contribution in [0.1, 0.15) is 13.8 Å². The van der Waals surface area contributed by atoms with E-state index in [9.17, 15) is 26.4 Å². The number of hydrogen-bond acceptors (Lipinski definition) is 5. The highest BCUT2D eigenvalue weighted by Crippen LogP contribution is 2.24. The minimum absolute atomic E-state index is 0.445. The predicted molar refractivity (Wildman–Crippen MR) is 46.7 cm³/mol. The Hall–Kier alpha value is -0.830. The average molecular weight is 264 g/mol. The number of carbonyl (C=O) groups is 1. The maximum atomic E-state index is 11.7. The van der Waals surface area contributed by atoms with Gasteiger partial charge in [-0.3, -0.25) is 8.98 Å². The summed E-state index contributed by atoms with van der Waals surface area (Å²) in [5.41, 5.74) is -5.46. The highest BCUT2D eigenvalue weighted by Gasteiger charge is 2.47. The van der Waals surface area contributed by atoms with Crippen molar-refractivity contribution in [2.75, 3.05) is 13.2 Å². The lowest BCUT2D eigenvalue weighted by Crippen LogP contribution is -2.27. The van der Waals surface area contributed by atoms with Crippen molar-refractivity contribution in [3.05, 3.63) is 0 Å². The molecule has 0 aliphatic heterocycles. The van der Waals surface area contributed by atoms with Gasteiger partial charge in [-0.1, -0.05) is 13.8 Å². The molecule has 0 rings (SSSR count). The molecule has 0 unspecified atom stereocenters. The van der Waals surface area contributed by atoms with E-state index in [-0.39, 0.29) is 0 Å². The van der Waals surface area contributed by atoms with Crippen LogP contribution in [0, 0.1) is 5.92 Å². The van der Waals surface area contributed by atoms with E-state index in [1.54, 1.807) is 0 Å². The van der Waals surface area contributed by atoms with Crippen LogP contribution in [0.2, 0.25) is 0 Å². The number of alkyl halides is 3. The van der Waals surface area contributed by atoms with Crippen LogP contribution in [-0.2, 0) is 23.8 Å². The smallest absolute Gasteiger partial charge is 0.463 e. The second-order valence-electron chi connectivity index (χ2n) is 3.04. The Kier molecular flexibility index (Phi) is 5.20. The molecule has 0 amide bonds. The zero-order valence-corrected chi connectivity index (χ0v) is 9.39. The van der Waals surface area contributed by atoms with Crippen molar-refractivity contribution in [3.8, 4) is 0 Å². The zero-order chi connectivity index (χ0) is 13.0. The van der Waals surface area contributed by atoms with Gasteiger partial charge in [0.2, 0.25) is 0 Å². The molecule has 0 aromatic heterocycles. The molecule has 0 spiro atoms. The molecule has 0 aliphatic rings. The Morgan fingerprint density at radius 1 is 1.25 bits per heavy atom. The molecule has 0 radical (unpaired) electrons. The van der Waals surface area contributed by atoms with Gasteiger partial charge in [-0.2, -0.15) is 21.6 Å². The lowest BCUT2D eigenvalue weighted by atomic mass is 10.2. The van der Waals surface area contributed by atoms with Crippen LogP contribution in [0.4, 0.5) is 13.2 Å². The zero-order valence-electron chi connectivity index (χ0n) is 8.57. The monoisotopic (exact) mass is 264 g/mol. The number of hydrogen-bond donors (Lipinski definition) is 0. The molecule has 0 atom stereocenters. The Labute approximate surface area is 90.6 Å². The summed E-state index contributed by atoms with van der Waals surface area (Å²) >= 11 is 0. The van der Waals surface area contributed by atoms with E-state index in [1.165, 1.54) is 13.8 Å². The van der Waals surface area contributed by atoms with Crippen molar-refractivity contribution >= 4 is 16.1 Å². The number of rotatable bonds is 5.